The standard InChI is InChI=1S/C12H22N2O2/c1-11-5-6-12(2)14(11)13-7-4-8-16-10-9-15-3/h5-6,13H,4,7-10H2,1-3H3. The molecule has 0 atom stereocenters. The quantitative estimate of drug-likeness (QED) is 0.685. The summed E-state index contributed by atoms with van der Waals surface area (Å²) in [6, 6.07) is 4.22. The van der Waals surface area contributed by atoms with Crippen molar-refractivity contribution in [2.75, 3.05) is 38.9 Å². The highest BCUT2D eigenvalue weighted by Crippen LogP contribution is 2.03. The third kappa shape index (κ3) is 4.24. The summed E-state index contributed by atoms with van der Waals surface area (Å²) in [5.41, 5.74) is 5.83. The van der Waals surface area contributed by atoms with Gasteiger partial charge in [-0.1, -0.05) is 0 Å². The van der Waals surface area contributed by atoms with Crippen molar-refractivity contribution in [3.63, 3.8) is 0 Å². The Bertz CT molecular complexity index is 278. The second-order valence-corrected chi connectivity index (χ2v) is 3.82. The molecule has 0 unspecified atom stereocenters. The van der Waals surface area contributed by atoms with Crippen LogP contribution in [0.15, 0.2) is 12.1 Å². The summed E-state index contributed by atoms with van der Waals surface area (Å²) in [4.78, 5) is 0. The van der Waals surface area contributed by atoms with Gasteiger partial charge in [-0.2, -0.15) is 0 Å². The van der Waals surface area contributed by atoms with Crippen LogP contribution in [0.2, 0.25) is 0 Å². The van der Waals surface area contributed by atoms with Gasteiger partial charge >= 0.3 is 0 Å². The number of nitrogens with zero attached hydrogens (tertiary/aromatic N) is 1. The van der Waals surface area contributed by atoms with E-state index in [2.05, 4.69) is 36.1 Å². The number of aryl methyl sites for hydroxylation is 2. The van der Waals surface area contributed by atoms with Crippen LogP contribution >= 0.6 is 0 Å². The molecule has 1 heterocycles. The van der Waals surface area contributed by atoms with E-state index in [1.54, 1.807) is 7.11 Å². The van der Waals surface area contributed by atoms with Crippen LogP contribution in [0.4, 0.5) is 0 Å². The molecule has 0 aliphatic rings. The Morgan fingerprint density at radius 1 is 1.12 bits per heavy atom. The highest BCUT2D eigenvalue weighted by Gasteiger charge is 1.98. The Hall–Kier alpha value is -1.00. The molecule has 0 aliphatic heterocycles. The maximum atomic E-state index is 5.38. The van der Waals surface area contributed by atoms with Crippen LogP contribution < -0.4 is 5.43 Å². The summed E-state index contributed by atoms with van der Waals surface area (Å²) in [7, 11) is 1.68. The molecule has 0 aromatic carbocycles. The van der Waals surface area contributed by atoms with Gasteiger partial charge in [0.1, 0.15) is 0 Å². The van der Waals surface area contributed by atoms with Gasteiger partial charge in [-0.25, -0.2) is 0 Å². The van der Waals surface area contributed by atoms with E-state index in [1.807, 2.05) is 0 Å². The van der Waals surface area contributed by atoms with Crippen molar-refractivity contribution in [2.45, 2.75) is 20.3 Å². The van der Waals surface area contributed by atoms with Crippen molar-refractivity contribution in [3.05, 3.63) is 23.5 Å². The minimum Gasteiger partial charge on any atom is -0.382 e. The summed E-state index contributed by atoms with van der Waals surface area (Å²) in [6.07, 6.45) is 1.00. The summed E-state index contributed by atoms with van der Waals surface area (Å²) >= 11 is 0. The van der Waals surface area contributed by atoms with Crippen molar-refractivity contribution < 1.29 is 9.47 Å². The smallest absolute Gasteiger partial charge is 0.0700 e. The molecule has 1 N–H and O–H groups in total. The van der Waals surface area contributed by atoms with Gasteiger partial charge in [0.2, 0.25) is 0 Å². The van der Waals surface area contributed by atoms with Crippen molar-refractivity contribution in [2.24, 2.45) is 0 Å². The number of methoxy groups -OCH3 is 1. The maximum Gasteiger partial charge on any atom is 0.0700 e. The minimum absolute atomic E-state index is 0.670. The topological polar surface area (TPSA) is 35.4 Å². The lowest BCUT2D eigenvalue weighted by molar-refractivity contribution is 0.0703. The molecule has 0 saturated heterocycles. The Labute approximate surface area is 97.5 Å². The Balaban J connectivity index is 2.07. The zero-order chi connectivity index (χ0) is 11.8. The summed E-state index contributed by atoms with van der Waals surface area (Å²) < 4.78 is 12.4. The highest BCUT2D eigenvalue weighted by atomic mass is 16.5. The van der Waals surface area contributed by atoms with Gasteiger partial charge in [-0.05, 0) is 32.4 Å². The van der Waals surface area contributed by atoms with Crippen molar-refractivity contribution in [1.82, 2.24) is 4.68 Å². The molecule has 0 amide bonds. The third-order valence-electron chi connectivity index (χ3n) is 2.44. The maximum absolute atomic E-state index is 5.38. The number of nitrogens with one attached hydrogen (secondary N) is 1. The minimum atomic E-state index is 0.670. The fourth-order valence-electron chi connectivity index (χ4n) is 1.53. The second kappa shape index (κ2) is 7.30. The van der Waals surface area contributed by atoms with Crippen LogP contribution in [0.3, 0.4) is 0 Å². The Kier molecular flexibility index (Phi) is 5.96. The number of hydrogen-bond donors (Lipinski definition) is 1. The van der Waals surface area contributed by atoms with Crippen molar-refractivity contribution >= 4 is 0 Å². The molecule has 0 spiro atoms. The predicted molar refractivity (Wildman–Crippen MR) is 65.4 cm³/mol. The SMILES string of the molecule is COCCOCCCNn1c(C)ccc1C. The Morgan fingerprint density at radius 3 is 2.44 bits per heavy atom. The molecule has 1 rings (SSSR count). The van der Waals surface area contributed by atoms with Crippen LogP contribution in [0, 0.1) is 13.8 Å². The average molecular weight is 226 g/mol. The van der Waals surface area contributed by atoms with Crippen molar-refractivity contribution in [3.8, 4) is 0 Å². The van der Waals surface area contributed by atoms with E-state index < -0.39 is 0 Å². The molecule has 0 bridgehead atoms. The molecule has 4 heteroatoms. The summed E-state index contributed by atoms with van der Waals surface area (Å²) in [5, 5.41) is 0. The molecular weight excluding hydrogens is 204 g/mol. The molecule has 16 heavy (non-hydrogen) atoms. The zero-order valence-electron chi connectivity index (χ0n) is 10.5. The van der Waals surface area contributed by atoms with E-state index in [0.29, 0.717) is 13.2 Å². The molecule has 0 saturated carbocycles. The lowest BCUT2D eigenvalue weighted by atomic mass is 10.4. The van der Waals surface area contributed by atoms with E-state index in [9.17, 15) is 0 Å². The lowest BCUT2D eigenvalue weighted by Gasteiger charge is -2.12. The van der Waals surface area contributed by atoms with Crippen LogP contribution in [-0.2, 0) is 9.47 Å². The number of ether oxygens (including phenoxy) is 2. The van der Waals surface area contributed by atoms with Gasteiger partial charge in [-0.15, -0.1) is 0 Å². The second-order valence-electron chi connectivity index (χ2n) is 3.82. The molecule has 1 aromatic heterocycles. The molecule has 0 aliphatic carbocycles. The molecule has 4 nitrogen and oxygen atoms in total. The normalized spacial score (nSPS) is 10.7. The van der Waals surface area contributed by atoms with E-state index in [-0.39, 0.29) is 0 Å². The largest absolute Gasteiger partial charge is 0.382 e. The first-order valence-electron chi connectivity index (χ1n) is 5.71. The van der Waals surface area contributed by atoms with Crippen molar-refractivity contribution in [1.29, 1.82) is 0 Å². The first-order valence-corrected chi connectivity index (χ1v) is 5.71. The Morgan fingerprint density at radius 2 is 1.81 bits per heavy atom. The number of aromatic nitrogens is 1. The van der Waals surface area contributed by atoms with E-state index in [1.165, 1.54) is 11.4 Å². The molecule has 1 aromatic rings. The van der Waals surface area contributed by atoms with E-state index in [4.69, 9.17) is 9.47 Å². The van der Waals surface area contributed by atoms with Crippen LogP contribution in [0.25, 0.3) is 0 Å². The number of hydrogen-bond acceptors (Lipinski definition) is 3. The first kappa shape index (κ1) is 13.1. The fourth-order valence-corrected chi connectivity index (χ4v) is 1.53. The predicted octanol–water partition coefficient (Wildman–Crippen LogP) is 1.70. The monoisotopic (exact) mass is 226 g/mol. The average Bonchev–Trinajstić information content (AvgIpc) is 2.59. The number of rotatable bonds is 8. The zero-order valence-corrected chi connectivity index (χ0v) is 10.5. The summed E-state index contributed by atoms with van der Waals surface area (Å²) in [5.74, 6) is 0. The van der Waals surface area contributed by atoms with Gasteiger partial charge in [0.15, 0.2) is 0 Å². The van der Waals surface area contributed by atoms with Gasteiger partial charge in [0.05, 0.1) is 13.2 Å². The lowest BCUT2D eigenvalue weighted by Crippen LogP contribution is -2.19. The highest BCUT2D eigenvalue weighted by molar-refractivity contribution is 5.15. The summed E-state index contributed by atoms with van der Waals surface area (Å²) in [6.45, 7) is 7.23. The van der Waals surface area contributed by atoms with E-state index in [0.717, 1.165) is 19.6 Å². The third-order valence-corrected chi connectivity index (χ3v) is 2.44. The first-order chi connectivity index (χ1) is 7.75. The fraction of sp³-hybridized carbons (Fsp3) is 0.667. The van der Waals surface area contributed by atoms with Gasteiger partial charge in [0, 0.05) is 31.6 Å². The van der Waals surface area contributed by atoms with Crippen LogP contribution in [-0.4, -0.2) is 38.2 Å². The van der Waals surface area contributed by atoms with Gasteiger partial charge in [-0.3, -0.25) is 4.68 Å². The van der Waals surface area contributed by atoms with Crippen LogP contribution in [0.1, 0.15) is 17.8 Å². The molecule has 92 valence electrons. The van der Waals surface area contributed by atoms with Gasteiger partial charge in [0.25, 0.3) is 0 Å². The van der Waals surface area contributed by atoms with Crippen LogP contribution in [0.5, 0.6) is 0 Å². The molecule has 0 radical (unpaired) electrons. The molecule has 0 fully saturated rings. The molecular formula is C12H22N2O2. The van der Waals surface area contributed by atoms with Gasteiger partial charge < -0.3 is 14.9 Å². The van der Waals surface area contributed by atoms with E-state index >= 15 is 0 Å².